The number of hydrogen-bond acceptors (Lipinski definition) is 4. The lowest BCUT2D eigenvalue weighted by Crippen LogP contribution is -2.49. The lowest BCUT2D eigenvalue weighted by atomic mass is 10.0. The highest BCUT2D eigenvalue weighted by Gasteiger charge is 2.23. The number of piperazine rings is 1. The first-order valence-corrected chi connectivity index (χ1v) is 11.0. The van der Waals surface area contributed by atoms with E-state index in [1.807, 2.05) is 41.4 Å². The minimum Gasteiger partial charge on any atom is -0.353 e. The third kappa shape index (κ3) is 4.98. The first kappa shape index (κ1) is 19.5. The van der Waals surface area contributed by atoms with Gasteiger partial charge in [0.1, 0.15) is 5.82 Å². The molecule has 0 atom stereocenters. The van der Waals surface area contributed by atoms with Gasteiger partial charge in [0.25, 0.3) is 0 Å². The zero-order chi connectivity index (χ0) is 19.9. The van der Waals surface area contributed by atoms with E-state index < -0.39 is 0 Å². The van der Waals surface area contributed by atoms with Crippen LogP contribution in [0.2, 0.25) is 0 Å². The van der Waals surface area contributed by atoms with Crippen molar-refractivity contribution in [1.82, 2.24) is 9.88 Å². The zero-order valence-corrected chi connectivity index (χ0v) is 17.2. The van der Waals surface area contributed by atoms with Gasteiger partial charge in [0.15, 0.2) is 0 Å². The van der Waals surface area contributed by atoms with Gasteiger partial charge in [-0.1, -0.05) is 66.7 Å². The SMILES string of the molecule is O=C(CSC(c1ccccc1)c1ccccc1)N1CCN(c2ccccn2)CC1. The van der Waals surface area contributed by atoms with E-state index in [2.05, 4.69) is 58.4 Å². The molecule has 4 nitrogen and oxygen atoms in total. The maximum absolute atomic E-state index is 12.9. The smallest absolute Gasteiger partial charge is 0.232 e. The molecule has 2 aromatic carbocycles. The standard InChI is InChI=1S/C24H25N3OS/c28-23(27-17-15-26(16-18-27)22-13-7-8-14-25-22)19-29-24(20-9-3-1-4-10-20)21-11-5-2-6-12-21/h1-14,24H,15-19H2. The van der Waals surface area contributed by atoms with Crippen molar-refractivity contribution in [3.63, 3.8) is 0 Å². The Morgan fingerprint density at radius 1 is 0.828 bits per heavy atom. The molecule has 1 fully saturated rings. The summed E-state index contributed by atoms with van der Waals surface area (Å²) in [6.07, 6.45) is 1.82. The molecule has 0 N–H and O–H groups in total. The van der Waals surface area contributed by atoms with Crippen LogP contribution in [0.5, 0.6) is 0 Å². The van der Waals surface area contributed by atoms with E-state index in [1.165, 1.54) is 11.1 Å². The summed E-state index contributed by atoms with van der Waals surface area (Å²) in [4.78, 5) is 21.5. The number of carbonyl (C=O) groups excluding carboxylic acids is 1. The number of carbonyl (C=O) groups is 1. The second-order valence-electron chi connectivity index (χ2n) is 7.07. The molecule has 3 aromatic rings. The van der Waals surface area contributed by atoms with Crippen molar-refractivity contribution >= 4 is 23.5 Å². The van der Waals surface area contributed by atoms with Crippen LogP contribution in [0.1, 0.15) is 16.4 Å². The molecule has 0 aliphatic carbocycles. The summed E-state index contributed by atoms with van der Waals surface area (Å²) < 4.78 is 0. The fourth-order valence-corrected chi connectivity index (χ4v) is 4.80. The molecule has 1 aromatic heterocycles. The van der Waals surface area contributed by atoms with Crippen LogP contribution in [0.15, 0.2) is 85.1 Å². The third-order valence-corrected chi connectivity index (χ3v) is 6.48. The summed E-state index contributed by atoms with van der Waals surface area (Å²) in [6.45, 7) is 3.15. The van der Waals surface area contributed by atoms with Crippen molar-refractivity contribution in [3.05, 3.63) is 96.2 Å². The Morgan fingerprint density at radius 2 is 1.41 bits per heavy atom. The number of amides is 1. The maximum atomic E-state index is 12.9. The van der Waals surface area contributed by atoms with Crippen LogP contribution >= 0.6 is 11.8 Å². The normalized spacial score (nSPS) is 14.2. The van der Waals surface area contributed by atoms with Crippen LogP contribution in [-0.4, -0.2) is 47.7 Å². The van der Waals surface area contributed by atoms with Gasteiger partial charge in [0.2, 0.25) is 5.91 Å². The highest BCUT2D eigenvalue weighted by atomic mass is 32.2. The van der Waals surface area contributed by atoms with E-state index in [4.69, 9.17) is 0 Å². The molecular weight excluding hydrogens is 378 g/mol. The Balaban J connectivity index is 1.36. The molecule has 0 unspecified atom stereocenters. The van der Waals surface area contributed by atoms with E-state index in [0.29, 0.717) is 5.75 Å². The number of anilines is 1. The van der Waals surface area contributed by atoms with Crippen molar-refractivity contribution in [2.75, 3.05) is 36.8 Å². The van der Waals surface area contributed by atoms with Crippen LogP contribution in [-0.2, 0) is 4.79 Å². The molecule has 1 saturated heterocycles. The summed E-state index contributed by atoms with van der Waals surface area (Å²) in [7, 11) is 0. The molecule has 29 heavy (non-hydrogen) atoms. The molecule has 148 valence electrons. The van der Waals surface area contributed by atoms with Crippen molar-refractivity contribution < 1.29 is 4.79 Å². The molecular formula is C24H25N3OS. The highest BCUT2D eigenvalue weighted by Crippen LogP contribution is 2.35. The molecule has 4 rings (SSSR count). The molecule has 1 amide bonds. The van der Waals surface area contributed by atoms with Crippen LogP contribution in [0, 0.1) is 0 Å². The largest absolute Gasteiger partial charge is 0.353 e. The summed E-state index contributed by atoms with van der Waals surface area (Å²) >= 11 is 1.71. The van der Waals surface area contributed by atoms with Gasteiger partial charge in [-0.3, -0.25) is 4.79 Å². The Morgan fingerprint density at radius 3 is 1.97 bits per heavy atom. The first-order valence-electron chi connectivity index (χ1n) is 9.96. The van der Waals surface area contributed by atoms with Crippen LogP contribution in [0.4, 0.5) is 5.82 Å². The number of pyridine rings is 1. The zero-order valence-electron chi connectivity index (χ0n) is 16.4. The quantitative estimate of drug-likeness (QED) is 0.616. The molecule has 0 radical (unpaired) electrons. The predicted molar refractivity (Wildman–Crippen MR) is 120 cm³/mol. The first-order chi connectivity index (χ1) is 14.3. The van der Waals surface area contributed by atoms with E-state index in [-0.39, 0.29) is 11.2 Å². The van der Waals surface area contributed by atoms with Crippen molar-refractivity contribution in [3.8, 4) is 0 Å². The highest BCUT2D eigenvalue weighted by molar-refractivity contribution is 8.00. The van der Waals surface area contributed by atoms with Crippen molar-refractivity contribution in [2.45, 2.75) is 5.25 Å². The van der Waals surface area contributed by atoms with Crippen molar-refractivity contribution in [2.24, 2.45) is 0 Å². The second-order valence-corrected chi connectivity index (χ2v) is 8.16. The van der Waals surface area contributed by atoms with Gasteiger partial charge < -0.3 is 9.80 Å². The number of aromatic nitrogens is 1. The number of hydrogen-bond donors (Lipinski definition) is 0. The molecule has 1 aliphatic rings. The lowest BCUT2D eigenvalue weighted by molar-refractivity contribution is -0.128. The number of thioether (sulfide) groups is 1. The average molecular weight is 404 g/mol. The number of benzene rings is 2. The molecule has 5 heteroatoms. The van der Waals surface area contributed by atoms with E-state index in [9.17, 15) is 4.79 Å². The molecule has 0 spiro atoms. The van der Waals surface area contributed by atoms with Gasteiger partial charge in [-0.25, -0.2) is 4.98 Å². The fraction of sp³-hybridized carbons (Fsp3) is 0.250. The summed E-state index contributed by atoms with van der Waals surface area (Å²) in [5.41, 5.74) is 2.47. The van der Waals surface area contributed by atoms with E-state index >= 15 is 0 Å². The number of nitrogens with zero attached hydrogens (tertiary/aromatic N) is 3. The molecule has 0 bridgehead atoms. The van der Waals surface area contributed by atoms with Gasteiger partial charge in [-0.2, -0.15) is 0 Å². The van der Waals surface area contributed by atoms with Gasteiger partial charge in [-0.05, 0) is 23.3 Å². The van der Waals surface area contributed by atoms with Crippen molar-refractivity contribution in [1.29, 1.82) is 0 Å². The summed E-state index contributed by atoms with van der Waals surface area (Å²) in [5, 5.41) is 0.163. The van der Waals surface area contributed by atoms with Crippen LogP contribution < -0.4 is 4.90 Å². The second kappa shape index (κ2) is 9.61. The third-order valence-electron chi connectivity index (χ3n) is 5.18. The van der Waals surface area contributed by atoms with Gasteiger partial charge in [0.05, 0.1) is 11.0 Å². The Labute approximate surface area is 176 Å². The van der Waals surface area contributed by atoms with Gasteiger partial charge in [0, 0.05) is 32.4 Å². The predicted octanol–water partition coefficient (Wildman–Crippen LogP) is 4.25. The topological polar surface area (TPSA) is 36.4 Å². The average Bonchev–Trinajstić information content (AvgIpc) is 2.81. The van der Waals surface area contributed by atoms with E-state index in [0.717, 1.165) is 32.0 Å². The van der Waals surface area contributed by atoms with Crippen LogP contribution in [0.25, 0.3) is 0 Å². The van der Waals surface area contributed by atoms with Crippen LogP contribution in [0.3, 0.4) is 0 Å². The minimum atomic E-state index is 0.163. The summed E-state index contributed by atoms with van der Waals surface area (Å²) in [5.74, 6) is 1.69. The van der Waals surface area contributed by atoms with E-state index in [1.54, 1.807) is 11.8 Å². The Kier molecular flexibility index (Phi) is 6.47. The Hall–Kier alpha value is -2.79. The van der Waals surface area contributed by atoms with Gasteiger partial charge in [-0.15, -0.1) is 11.8 Å². The lowest BCUT2D eigenvalue weighted by Gasteiger charge is -2.35. The molecule has 0 saturated carbocycles. The molecule has 2 heterocycles. The van der Waals surface area contributed by atoms with Gasteiger partial charge >= 0.3 is 0 Å². The monoisotopic (exact) mass is 403 g/mol. The Bertz CT molecular complexity index is 858. The fourth-order valence-electron chi connectivity index (χ4n) is 3.61. The number of rotatable bonds is 6. The summed E-state index contributed by atoms with van der Waals surface area (Å²) in [6, 6.07) is 26.8. The maximum Gasteiger partial charge on any atom is 0.232 e. The molecule has 1 aliphatic heterocycles. The minimum absolute atomic E-state index is 0.163.